The van der Waals surface area contributed by atoms with E-state index in [9.17, 15) is 0 Å². The Labute approximate surface area is 106 Å². The monoisotopic (exact) mass is 247 g/mol. The first-order chi connectivity index (χ1) is 8.79. The van der Waals surface area contributed by atoms with Crippen molar-refractivity contribution in [3.63, 3.8) is 0 Å². The van der Waals surface area contributed by atoms with Gasteiger partial charge in [-0.1, -0.05) is 0 Å². The number of rotatable bonds is 6. The number of nitrogen functional groups attached to an aromatic ring is 1. The number of nitrogens with two attached hydrogens (primary N) is 1. The maximum Gasteiger partial charge on any atom is 0.137 e. The van der Waals surface area contributed by atoms with Gasteiger partial charge < -0.3 is 15.8 Å². The second-order valence-electron chi connectivity index (χ2n) is 3.92. The minimum absolute atomic E-state index is 0.689. The van der Waals surface area contributed by atoms with Gasteiger partial charge in [-0.2, -0.15) is 5.10 Å². The van der Waals surface area contributed by atoms with Crippen LogP contribution in [0.2, 0.25) is 0 Å². The summed E-state index contributed by atoms with van der Waals surface area (Å²) in [6, 6.07) is 5.61. The molecule has 0 radical (unpaired) electrons. The lowest BCUT2D eigenvalue weighted by molar-refractivity contribution is 0.415. The van der Waals surface area contributed by atoms with E-state index in [0.717, 1.165) is 36.6 Å². The molecule has 6 heteroatoms. The van der Waals surface area contributed by atoms with Crippen LogP contribution in [0.15, 0.2) is 24.5 Å². The summed E-state index contributed by atoms with van der Waals surface area (Å²) in [5, 5.41) is 9.92. The van der Waals surface area contributed by atoms with Gasteiger partial charge in [0.05, 0.1) is 18.5 Å². The van der Waals surface area contributed by atoms with Gasteiger partial charge in [-0.15, -0.1) is 0 Å². The molecule has 0 amide bonds. The number of nitrogens with one attached hydrogen (secondary N) is 2. The number of hydrogen-bond donors (Lipinski definition) is 3. The number of aryl methyl sites for hydroxylation is 1. The number of aromatic amines is 1. The average Bonchev–Trinajstić information content (AvgIpc) is 2.89. The lowest BCUT2D eigenvalue weighted by atomic mass is 10.2. The summed E-state index contributed by atoms with van der Waals surface area (Å²) < 4.78 is 5.10. The van der Waals surface area contributed by atoms with Crippen LogP contribution < -0.4 is 15.8 Å². The molecular formula is C12H17N5O. The van der Waals surface area contributed by atoms with Crippen LogP contribution in [0.1, 0.15) is 12.2 Å². The van der Waals surface area contributed by atoms with Gasteiger partial charge in [0.1, 0.15) is 17.9 Å². The topological polar surface area (TPSA) is 88.8 Å². The third-order valence-corrected chi connectivity index (χ3v) is 2.63. The summed E-state index contributed by atoms with van der Waals surface area (Å²) in [5.74, 6) is 1.67. The molecule has 1 aromatic heterocycles. The van der Waals surface area contributed by atoms with Gasteiger partial charge in [-0.3, -0.25) is 5.10 Å². The highest BCUT2D eigenvalue weighted by molar-refractivity contribution is 5.68. The molecule has 0 bridgehead atoms. The Hall–Kier alpha value is -2.24. The Kier molecular flexibility index (Phi) is 4.01. The average molecular weight is 247 g/mol. The van der Waals surface area contributed by atoms with Crippen molar-refractivity contribution in [2.24, 2.45) is 0 Å². The molecule has 18 heavy (non-hydrogen) atoms. The van der Waals surface area contributed by atoms with Crippen LogP contribution in [0.3, 0.4) is 0 Å². The van der Waals surface area contributed by atoms with Crippen LogP contribution in [-0.4, -0.2) is 28.8 Å². The molecule has 0 saturated heterocycles. The lowest BCUT2D eigenvalue weighted by Crippen LogP contribution is -2.06. The number of H-pyrrole nitrogens is 1. The summed E-state index contributed by atoms with van der Waals surface area (Å²) in [7, 11) is 1.62. The van der Waals surface area contributed by atoms with Crippen LogP contribution in [0.25, 0.3) is 0 Å². The van der Waals surface area contributed by atoms with Crippen LogP contribution in [0.4, 0.5) is 11.4 Å². The molecule has 0 aliphatic heterocycles. The fourth-order valence-electron chi connectivity index (χ4n) is 1.66. The van der Waals surface area contributed by atoms with E-state index in [1.807, 2.05) is 12.1 Å². The van der Waals surface area contributed by atoms with Gasteiger partial charge >= 0.3 is 0 Å². The molecule has 0 aliphatic carbocycles. The number of ether oxygens (including phenoxy) is 1. The number of hydrogen-bond acceptors (Lipinski definition) is 5. The normalized spacial score (nSPS) is 10.3. The quantitative estimate of drug-likeness (QED) is 0.531. The maximum atomic E-state index is 5.90. The van der Waals surface area contributed by atoms with Gasteiger partial charge in [-0.05, 0) is 18.6 Å². The van der Waals surface area contributed by atoms with E-state index in [2.05, 4.69) is 20.5 Å². The second kappa shape index (κ2) is 5.90. The van der Waals surface area contributed by atoms with Gasteiger partial charge in [0.2, 0.25) is 0 Å². The molecule has 0 atom stereocenters. The number of anilines is 2. The molecule has 0 aliphatic rings. The summed E-state index contributed by atoms with van der Waals surface area (Å²) in [6.07, 6.45) is 3.34. The Morgan fingerprint density at radius 3 is 3.00 bits per heavy atom. The molecule has 1 heterocycles. The lowest BCUT2D eigenvalue weighted by Gasteiger charge is -2.10. The Morgan fingerprint density at radius 2 is 2.33 bits per heavy atom. The molecule has 2 rings (SSSR count). The van der Waals surface area contributed by atoms with Gasteiger partial charge in [0, 0.05) is 19.0 Å². The molecule has 2 aromatic rings. The molecule has 96 valence electrons. The zero-order valence-corrected chi connectivity index (χ0v) is 10.3. The Morgan fingerprint density at radius 1 is 1.44 bits per heavy atom. The summed E-state index contributed by atoms with van der Waals surface area (Å²) in [6.45, 7) is 0.831. The predicted octanol–water partition coefficient (Wildman–Crippen LogP) is 1.44. The smallest absolute Gasteiger partial charge is 0.137 e. The highest BCUT2D eigenvalue weighted by Gasteiger charge is 2.01. The molecule has 0 saturated carbocycles. The van der Waals surface area contributed by atoms with Crippen molar-refractivity contribution < 1.29 is 4.74 Å². The SMILES string of the molecule is COc1ccc(NCCCc2ncn[nH]2)c(N)c1. The van der Waals surface area contributed by atoms with Crippen LogP contribution in [-0.2, 0) is 6.42 Å². The molecule has 6 nitrogen and oxygen atoms in total. The first-order valence-electron chi connectivity index (χ1n) is 5.81. The third-order valence-electron chi connectivity index (χ3n) is 2.63. The Bertz CT molecular complexity index is 483. The van der Waals surface area contributed by atoms with Crippen molar-refractivity contribution in [1.82, 2.24) is 15.2 Å². The summed E-state index contributed by atoms with van der Waals surface area (Å²) >= 11 is 0. The minimum Gasteiger partial charge on any atom is -0.497 e. The van der Waals surface area contributed by atoms with Gasteiger partial charge in [0.25, 0.3) is 0 Å². The van der Waals surface area contributed by atoms with Crippen LogP contribution in [0, 0.1) is 0 Å². The zero-order valence-electron chi connectivity index (χ0n) is 10.3. The second-order valence-corrected chi connectivity index (χ2v) is 3.92. The Balaban J connectivity index is 1.79. The largest absolute Gasteiger partial charge is 0.497 e. The number of benzene rings is 1. The third kappa shape index (κ3) is 3.13. The van der Waals surface area contributed by atoms with E-state index in [0.29, 0.717) is 5.69 Å². The summed E-state index contributed by atoms with van der Waals surface area (Å²) in [4.78, 5) is 4.07. The molecule has 0 unspecified atom stereocenters. The molecular weight excluding hydrogens is 230 g/mol. The highest BCUT2D eigenvalue weighted by atomic mass is 16.5. The van der Waals surface area contributed by atoms with Gasteiger partial charge in [0.15, 0.2) is 0 Å². The summed E-state index contributed by atoms with van der Waals surface area (Å²) in [5.41, 5.74) is 7.52. The van der Waals surface area contributed by atoms with E-state index in [1.54, 1.807) is 13.2 Å². The first kappa shape index (κ1) is 12.2. The zero-order chi connectivity index (χ0) is 12.8. The van der Waals surface area contributed by atoms with E-state index < -0.39 is 0 Å². The van der Waals surface area contributed by atoms with Crippen LogP contribution in [0.5, 0.6) is 5.75 Å². The first-order valence-corrected chi connectivity index (χ1v) is 5.81. The van der Waals surface area contributed by atoms with Crippen molar-refractivity contribution in [3.8, 4) is 5.75 Å². The fraction of sp³-hybridized carbons (Fsp3) is 0.333. The molecule has 0 spiro atoms. The molecule has 0 fully saturated rings. The number of nitrogens with zero attached hydrogens (tertiary/aromatic N) is 2. The van der Waals surface area contributed by atoms with Crippen LogP contribution >= 0.6 is 0 Å². The number of methoxy groups -OCH3 is 1. The minimum atomic E-state index is 0.689. The van der Waals surface area contributed by atoms with E-state index in [-0.39, 0.29) is 0 Å². The van der Waals surface area contributed by atoms with Crippen molar-refractivity contribution in [2.75, 3.05) is 24.7 Å². The fourth-order valence-corrected chi connectivity index (χ4v) is 1.66. The maximum absolute atomic E-state index is 5.90. The van der Waals surface area contributed by atoms with Gasteiger partial charge in [-0.25, -0.2) is 4.98 Å². The molecule has 4 N–H and O–H groups in total. The van der Waals surface area contributed by atoms with E-state index in [4.69, 9.17) is 10.5 Å². The number of aromatic nitrogens is 3. The predicted molar refractivity (Wildman–Crippen MR) is 70.6 cm³/mol. The van der Waals surface area contributed by atoms with Crippen molar-refractivity contribution in [1.29, 1.82) is 0 Å². The molecule has 1 aromatic carbocycles. The van der Waals surface area contributed by atoms with Crippen molar-refractivity contribution >= 4 is 11.4 Å². The standard InChI is InChI=1S/C12H17N5O/c1-18-9-4-5-11(10(13)7-9)14-6-2-3-12-15-8-16-17-12/h4-5,7-8,14H,2-3,6,13H2,1H3,(H,15,16,17). The van der Waals surface area contributed by atoms with E-state index >= 15 is 0 Å². The van der Waals surface area contributed by atoms with Crippen molar-refractivity contribution in [2.45, 2.75) is 12.8 Å². The van der Waals surface area contributed by atoms with E-state index in [1.165, 1.54) is 6.33 Å². The highest BCUT2D eigenvalue weighted by Crippen LogP contribution is 2.23. The van der Waals surface area contributed by atoms with Crippen molar-refractivity contribution in [3.05, 3.63) is 30.4 Å².